The number of para-hydroxylation sites is 1. The summed E-state index contributed by atoms with van der Waals surface area (Å²) < 4.78 is 26.4. The molecular formula is C39H39F2N3O2. The highest BCUT2D eigenvalue weighted by atomic mass is 19.1. The van der Waals surface area contributed by atoms with Crippen LogP contribution in [0.4, 0.5) is 8.78 Å². The van der Waals surface area contributed by atoms with E-state index in [2.05, 4.69) is 69.5 Å². The molecule has 2 aliphatic heterocycles. The van der Waals surface area contributed by atoms with E-state index >= 15 is 0 Å². The Kier molecular flexibility index (Phi) is 8.61. The van der Waals surface area contributed by atoms with Crippen LogP contribution in [0.1, 0.15) is 52.5 Å². The van der Waals surface area contributed by atoms with Crippen LogP contribution < -0.4 is 0 Å². The molecule has 0 spiro atoms. The molecule has 46 heavy (non-hydrogen) atoms. The van der Waals surface area contributed by atoms with Gasteiger partial charge in [0.05, 0.1) is 0 Å². The SMILES string of the molecule is Oc1cc(C2CCN(CC3=CCc4ccccc43)C2)ccc1F.Oc1cc(C2CCN(Cc3c[nH]c4ccccc34)C2)ccc1F. The quantitative estimate of drug-likeness (QED) is 0.181. The Morgan fingerprint density at radius 3 is 2.00 bits per heavy atom. The maximum atomic E-state index is 13.2. The maximum absolute atomic E-state index is 13.2. The molecule has 2 fully saturated rings. The van der Waals surface area contributed by atoms with Crippen LogP contribution in [0.2, 0.25) is 0 Å². The lowest BCUT2D eigenvalue weighted by Crippen LogP contribution is -2.22. The van der Waals surface area contributed by atoms with Crippen molar-refractivity contribution < 1.29 is 19.0 Å². The number of aromatic nitrogens is 1. The van der Waals surface area contributed by atoms with Gasteiger partial charge in [0.15, 0.2) is 23.1 Å². The number of aromatic hydroxyl groups is 2. The zero-order valence-corrected chi connectivity index (χ0v) is 25.8. The van der Waals surface area contributed by atoms with Gasteiger partial charge in [-0.1, -0.05) is 60.7 Å². The number of fused-ring (bicyclic) bond motifs is 2. The fourth-order valence-electron chi connectivity index (χ4n) is 7.31. The third-order valence-electron chi connectivity index (χ3n) is 9.82. The van der Waals surface area contributed by atoms with Crippen LogP contribution in [0.25, 0.3) is 16.5 Å². The molecule has 2 atom stereocenters. The third-order valence-corrected chi connectivity index (χ3v) is 9.82. The molecule has 0 saturated carbocycles. The highest BCUT2D eigenvalue weighted by Crippen LogP contribution is 2.34. The van der Waals surface area contributed by atoms with Gasteiger partial charge in [-0.15, -0.1) is 0 Å². The van der Waals surface area contributed by atoms with Crippen LogP contribution in [0.5, 0.6) is 11.5 Å². The molecule has 3 heterocycles. The summed E-state index contributed by atoms with van der Waals surface area (Å²) in [6, 6.07) is 26.4. The minimum Gasteiger partial charge on any atom is -0.505 e. The number of H-pyrrole nitrogens is 1. The van der Waals surface area contributed by atoms with E-state index in [1.54, 1.807) is 24.3 Å². The summed E-state index contributed by atoms with van der Waals surface area (Å²) >= 11 is 0. The van der Waals surface area contributed by atoms with Gasteiger partial charge < -0.3 is 15.2 Å². The van der Waals surface area contributed by atoms with Gasteiger partial charge in [0, 0.05) is 43.3 Å². The molecule has 0 bridgehead atoms. The highest BCUT2D eigenvalue weighted by Gasteiger charge is 2.27. The Bertz CT molecular complexity index is 1880. The zero-order chi connectivity index (χ0) is 31.6. The molecule has 5 aromatic rings. The van der Waals surface area contributed by atoms with Crippen molar-refractivity contribution in [3.63, 3.8) is 0 Å². The van der Waals surface area contributed by atoms with Crippen LogP contribution in [0.3, 0.4) is 0 Å². The summed E-state index contributed by atoms with van der Waals surface area (Å²) in [5, 5.41) is 20.4. The molecule has 7 heteroatoms. The van der Waals surface area contributed by atoms with E-state index in [9.17, 15) is 19.0 Å². The number of nitrogens with zero attached hydrogens (tertiary/aromatic N) is 2. The van der Waals surface area contributed by atoms with Crippen molar-refractivity contribution in [3.05, 3.63) is 137 Å². The number of hydrogen-bond acceptors (Lipinski definition) is 4. The monoisotopic (exact) mass is 619 g/mol. The van der Waals surface area contributed by atoms with Crippen molar-refractivity contribution in [1.82, 2.24) is 14.8 Å². The standard InChI is InChI=1S/C20H20FNO.C19H19FN2O/c21-19-8-7-15(11-20(19)23)16-9-10-22(12-16)13-17-6-5-14-3-1-2-4-18(14)17;20-17-6-5-13(9-19(17)23)14-7-8-22(11-14)12-15-10-21-18-4-2-1-3-16(15)18/h1-4,6-8,11,16,23H,5,9-10,12-13H2;1-6,9-10,14,21,23H,7-8,11-12H2. The smallest absolute Gasteiger partial charge is 0.164 e. The summed E-state index contributed by atoms with van der Waals surface area (Å²) in [7, 11) is 0. The third kappa shape index (κ3) is 6.43. The van der Waals surface area contributed by atoms with Crippen LogP contribution >= 0.6 is 0 Å². The average molecular weight is 620 g/mol. The Balaban J connectivity index is 0.000000147. The molecule has 236 valence electrons. The van der Waals surface area contributed by atoms with E-state index in [4.69, 9.17) is 0 Å². The van der Waals surface area contributed by atoms with Crippen LogP contribution in [0, 0.1) is 11.6 Å². The van der Waals surface area contributed by atoms with Gasteiger partial charge in [-0.25, -0.2) is 8.78 Å². The van der Waals surface area contributed by atoms with Crippen molar-refractivity contribution in [3.8, 4) is 11.5 Å². The Labute approximate surface area is 268 Å². The maximum Gasteiger partial charge on any atom is 0.164 e. The van der Waals surface area contributed by atoms with E-state index in [1.807, 2.05) is 6.07 Å². The van der Waals surface area contributed by atoms with Gasteiger partial charge in [-0.2, -0.15) is 0 Å². The topological polar surface area (TPSA) is 62.7 Å². The van der Waals surface area contributed by atoms with E-state index < -0.39 is 11.6 Å². The van der Waals surface area contributed by atoms with E-state index in [0.717, 1.165) is 69.7 Å². The summed E-state index contributed by atoms with van der Waals surface area (Å²) in [5.41, 5.74) is 8.75. The number of nitrogens with one attached hydrogen (secondary N) is 1. The highest BCUT2D eigenvalue weighted by molar-refractivity contribution is 5.83. The predicted octanol–water partition coefficient (Wildman–Crippen LogP) is 7.96. The molecule has 1 aromatic heterocycles. The van der Waals surface area contributed by atoms with Gasteiger partial charge >= 0.3 is 0 Å². The van der Waals surface area contributed by atoms with Crippen molar-refractivity contribution in [1.29, 1.82) is 0 Å². The minimum atomic E-state index is -0.553. The Hall–Kier alpha value is -4.46. The van der Waals surface area contributed by atoms with Gasteiger partial charge in [0.1, 0.15) is 0 Å². The van der Waals surface area contributed by atoms with E-state index in [0.29, 0.717) is 11.8 Å². The number of phenolic OH excluding ortho intramolecular Hbond substituents is 2. The Morgan fingerprint density at radius 2 is 1.33 bits per heavy atom. The minimum absolute atomic E-state index is 0.242. The molecule has 3 N–H and O–H groups in total. The Morgan fingerprint density at radius 1 is 0.717 bits per heavy atom. The molecule has 1 aliphatic carbocycles. The second-order valence-corrected chi connectivity index (χ2v) is 12.8. The lowest BCUT2D eigenvalue weighted by Gasteiger charge is -2.18. The number of likely N-dealkylation sites (tertiary alicyclic amines) is 2. The molecule has 2 unspecified atom stereocenters. The van der Waals surface area contributed by atoms with Gasteiger partial charge in [0.25, 0.3) is 0 Å². The number of halogens is 2. The van der Waals surface area contributed by atoms with Gasteiger partial charge in [0.2, 0.25) is 0 Å². The number of benzene rings is 4. The molecule has 0 amide bonds. The fraction of sp³-hybridized carbons (Fsp3) is 0.282. The molecule has 3 aliphatic rings. The first-order chi connectivity index (χ1) is 22.4. The summed E-state index contributed by atoms with van der Waals surface area (Å²) in [6.45, 7) is 5.84. The first-order valence-corrected chi connectivity index (χ1v) is 16.1. The van der Waals surface area contributed by atoms with Crippen molar-refractivity contribution in [2.45, 2.75) is 37.6 Å². The molecular weight excluding hydrogens is 580 g/mol. The number of rotatable bonds is 6. The molecule has 2 saturated heterocycles. The predicted molar refractivity (Wildman–Crippen MR) is 179 cm³/mol. The number of phenols is 2. The first-order valence-electron chi connectivity index (χ1n) is 16.1. The number of aromatic amines is 1. The summed E-state index contributed by atoms with van der Waals surface area (Å²) in [4.78, 5) is 8.19. The second-order valence-electron chi connectivity index (χ2n) is 12.8. The van der Waals surface area contributed by atoms with Crippen LogP contribution in [-0.2, 0) is 13.0 Å². The zero-order valence-electron chi connectivity index (χ0n) is 25.8. The summed E-state index contributed by atoms with van der Waals surface area (Å²) in [5.74, 6) is -0.866. The van der Waals surface area contributed by atoms with Crippen molar-refractivity contribution in [2.24, 2.45) is 0 Å². The first kappa shape index (κ1) is 30.2. The lowest BCUT2D eigenvalue weighted by molar-refractivity contribution is 0.328. The molecule has 5 nitrogen and oxygen atoms in total. The molecule has 4 aromatic carbocycles. The number of allylic oxidation sites excluding steroid dienone is 1. The average Bonchev–Trinajstić information content (AvgIpc) is 3.89. The van der Waals surface area contributed by atoms with Crippen LogP contribution in [0.15, 0.2) is 97.2 Å². The summed E-state index contributed by atoms with van der Waals surface area (Å²) in [6.07, 6.45) is 7.55. The fourth-order valence-corrected chi connectivity index (χ4v) is 7.31. The van der Waals surface area contributed by atoms with E-state index in [-0.39, 0.29) is 11.5 Å². The van der Waals surface area contributed by atoms with Crippen LogP contribution in [-0.4, -0.2) is 57.7 Å². The lowest BCUT2D eigenvalue weighted by atomic mass is 9.98. The van der Waals surface area contributed by atoms with E-state index in [1.165, 1.54) is 45.3 Å². The number of hydrogen-bond donors (Lipinski definition) is 3. The van der Waals surface area contributed by atoms with Gasteiger partial charge in [-0.05, 0) is 108 Å². The largest absolute Gasteiger partial charge is 0.505 e. The normalized spacial score (nSPS) is 19.7. The molecule has 0 radical (unpaired) electrons. The van der Waals surface area contributed by atoms with Gasteiger partial charge in [-0.3, -0.25) is 9.80 Å². The van der Waals surface area contributed by atoms with Crippen molar-refractivity contribution >= 4 is 16.5 Å². The molecule has 8 rings (SSSR count). The van der Waals surface area contributed by atoms with Crippen molar-refractivity contribution in [2.75, 3.05) is 32.7 Å². The second kappa shape index (κ2) is 13.1.